The Morgan fingerprint density at radius 3 is 2.42 bits per heavy atom. The summed E-state index contributed by atoms with van der Waals surface area (Å²) in [6, 6.07) is -0.0822. The van der Waals surface area contributed by atoms with Gasteiger partial charge in [0.05, 0.1) is 11.8 Å². The summed E-state index contributed by atoms with van der Waals surface area (Å²) >= 11 is 0. The van der Waals surface area contributed by atoms with Crippen molar-refractivity contribution in [1.29, 1.82) is 0 Å². The monoisotopic (exact) mass is 313 g/mol. The Balaban J connectivity index is 0.00000324. The highest BCUT2D eigenvalue weighted by Gasteiger charge is 2.30. The van der Waals surface area contributed by atoms with Crippen LogP contribution >= 0.6 is 12.4 Å². The van der Waals surface area contributed by atoms with E-state index >= 15 is 0 Å². The van der Waals surface area contributed by atoms with Crippen molar-refractivity contribution >= 4 is 28.3 Å². The molecule has 6 nitrogen and oxygen atoms in total. The van der Waals surface area contributed by atoms with Gasteiger partial charge in [-0.3, -0.25) is 4.79 Å². The first kappa shape index (κ1) is 18.6. The van der Waals surface area contributed by atoms with E-state index in [1.165, 1.54) is 0 Å². The smallest absolute Gasteiger partial charge is 0.239 e. The first-order chi connectivity index (χ1) is 8.09. The zero-order valence-electron chi connectivity index (χ0n) is 11.6. The Morgan fingerprint density at radius 2 is 1.95 bits per heavy atom. The summed E-state index contributed by atoms with van der Waals surface area (Å²) in [6.45, 7) is 3.75. The fourth-order valence-electron chi connectivity index (χ4n) is 2.16. The van der Waals surface area contributed by atoms with E-state index in [0.29, 0.717) is 6.54 Å². The third-order valence-electron chi connectivity index (χ3n) is 3.13. The molecule has 0 bridgehead atoms. The van der Waals surface area contributed by atoms with E-state index in [2.05, 4.69) is 10.0 Å². The molecule has 0 radical (unpaired) electrons. The molecule has 4 N–H and O–H groups in total. The lowest BCUT2D eigenvalue weighted by Crippen LogP contribution is -2.51. The molecule has 1 aliphatic carbocycles. The van der Waals surface area contributed by atoms with Crippen LogP contribution in [0.25, 0.3) is 0 Å². The van der Waals surface area contributed by atoms with Gasteiger partial charge in [-0.1, -0.05) is 6.42 Å². The first-order valence-corrected chi connectivity index (χ1v) is 8.03. The van der Waals surface area contributed by atoms with E-state index in [1.807, 2.05) is 0 Å². The predicted molar refractivity (Wildman–Crippen MR) is 77.6 cm³/mol. The maximum Gasteiger partial charge on any atom is 0.239 e. The number of hydrogen-bond donors (Lipinski definition) is 3. The molecule has 0 heterocycles. The van der Waals surface area contributed by atoms with Crippen LogP contribution in [-0.2, 0) is 14.8 Å². The molecule has 2 unspecified atom stereocenters. The van der Waals surface area contributed by atoms with Crippen molar-refractivity contribution in [1.82, 2.24) is 10.0 Å². The lowest BCUT2D eigenvalue weighted by atomic mass is 10.0. The molecule has 1 rings (SSSR count). The summed E-state index contributed by atoms with van der Waals surface area (Å²) in [5.41, 5.74) is 4.77. The number of carbonyl (C=O) groups excluding carboxylic acids is 1. The molecule has 8 heteroatoms. The summed E-state index contributed by atoms with van der Waals surface area (Å²) in [7, 11) is -3.19. The van der Waals surface area contributed by atoms with Crippen molar-refractivity contribution in [3.8, 4) is 0 Å². The van der Waals surface area contributed by atoms with Gasteiger partial charge in [-0.2, -0.15) is 0 Å². The van der Waals surface area contributed by atoms with Gasteiger partial charge in [0, 0.05) is 12.6 Å². The zero-order chi connectivity index (χ0) is 14.0. The molecule has 0 aliphatic heterocycles. The minimum Gasteiger partial charge on any atom is -0.354 e. The van der Waals surface area contributed by atoms with Crippen LogP contribution in [0.2, 0.25) is 0 Å². The van der Waals surface area contributed by atoms with Crippen molar-refractivity contribution in [2.75, 3.05) is 12.8 Å². The lowest BCUT2D eigenvalue weighted by molar-refractivity contribution is -0.125. The van der Waals surface area contributed by atoms with Crippen LogP contribution in [0, 0.1) is 5.92 Å². The third-order valence-corrected chi connectivity index (χ3v) is 3.87. The molecule has 1 aliphatic rings. The number of hydrogen-bond acceptors (Lipinski definition) is 4. The number of nitrogens with two attached hydrogens (primary N) is 1. The highest BCUT2D eigenvalue weighted by molar-refractivity contribution is 7.88. The van der Waals surface area contributed by atoms with Crippen LogP contribution in [0.15, 0.2) is 0 Å². The van der Waals surface area contributed by atoms with Gasteiger partial charge in [-0.25, -0.2) is 13.1 Å². The molecule has 19 heavy (non-hydrogen) atoms. The Hall–Kier alpha value is -0.370. The fourth-order valence-corrected chi connectivity index (χ4v) is 3.02. The molecule has 0 aromatic carbocycles. The second-order valence-electron chi connectivity index (χ2n) is 5.62. The molecule has 1 amide bonds. The average Bonchev–Trinajstić information content (AvgIpc) is 2.57. The van der Waals surface area contributed by atoms with Crippen molar-refractivity contribution in [3.63, 3.8) is 0 Å². The summed E-state index contributed by atoms with van der Waals surface area (Å²) in [5, 5.41) is 2.78. The quantitative estimate of drug-likeness (QED) is 0.664. The van der Waals surface area contributed by atoms with E-state index in [4.69, 9.17) is 5.73 Å². The topological polar surface area (TPSA) is 101 Å². The van der Waals surface area contributed by atoms with Crippen molar-refractivity contribution in [2.24, 2.45) is 11.7 Å². The SMILES string of the molecule is CC(C)(N)C(=O)NCC1CCCC1NS(C)(=O)=O.Cl. The maximum absolute atomic E-state index is 11.6. The van der Waals surface area contributed by atoms with Crippen LogP contribution in [0.3, 0.4) is 0 Å². The summed E-state index contributed by atoms with van der Waals surface area (Å²) < 4.78 is 25.0. The summed E-state index contributed by atoms with van der Waals surface area (Å²) in [6.07, 6.45) is 3.86. The predicted octanol–water partition coefficient (Wildman–Crippen LogP) is -0.0204. The molecule has 0 aromatic rings. The van der Waals surface area contributed by atoms with Gasteiger partial charge >= 0.3 is 0 Å². The maximum atomic E-state index is 11.6. The van der Waals surface area contributed by atoms with Gasteiger partial charge < -0.3 is 11.1 Å². The molecule has 0 aromatic heterocycles. The lowest BCUT2D eigenvalue weighted by Gasteiger charge is -2.23. The number of rotatable bonds is 5. The normalized spacial score (nSPS) is 23.8. The molecule has 0 spiro atoms. The second-order valence-corrected chi connectivity index (χ2v) is 7.40. The van der Waals surface area contributed by atoms with Gasteiger partial charge in [0.1, 0.15) is 0 Å². The van der Waals surface area contributed by atoms with Crippen molar-refractivity contribution in [3.05, 3.63) is 0 Å². The van der Waals surface area contributed by atoms with Gasteiger partial charge in [-0.05, 0) is 32.6 Å². The molecular formula is C11H24ClN3O3S. The van der Waals surface area contributed by atoms with E-state index in [-0.39, 0.29) is 30.3 Å². The Labute approximate surface area is 121 Å². The van der Waals surface area contributed by atoms with Crippen molar-refractivity contribution < 1.29 is 13.2 Å². The van der Waals surface area contributed by atoms with Gasteiger partial charge in [0.15, 0.2) is 0 Å². The van der Waals surface area contributed by atoms with E-state index in [1.54, 1.807) is 13.8 Å². The number of amides is 1. The van der Waals surface area contributed by atoms with Gasteiger partial charge in [0.25, 0.3) is 0 Å². The minimum atomic E-state index is -3.19. The molecule has 1 saturated carbocycles. The fraction of sp³-hybridized carbons (Fsp3) is 0.909. The zero-order valence-corrected chi connectivity index (χ0v) is 13.2. The largest absolute Gasteiger partial charge is 0.354 e. The number of carbonyl (C=O) groups is 1. The van der Waals surface area contributed by atoms with Crippen LogP contribution in [0.4, 0.5) is 0 Å². The summed E-state index contributed by atoms with van der Waals surface area (Å²) in [4.78, 5) is 11.6. The Morgan fingerprint density at radius 1 is 1.37 bits per heavy atom. The van der Waals surface area contributed by atoms with Crippen molar-refractivity contribution in [2.45, 2.75) is 44.7 Å². The molecule has 1 fully saturated rings. The Kier molecular flexibility index (Phi) is 6.74. The molecular weight excluding hydrogens is 290 g/mol. The van der Waals surface area contributed by atoms with Crippen LogP contribution in [-0.4, -0.2) is 38.7 Å². The Bertz CT molecular complexity index is 406. The minimum absolute atomic E-state index is 0. The number of halogens is 1. The first-order valence-electron chi connectivity index (χ1n) is 6.14. The van der Waals surface area contributed by atoms with E-state index < -0.39 is 15.6 Å². The second kappa shape index (κ2) is 6.88. The highest BCUT2D eigenvalue weighted by Crippen LogP contribution is 2.25. The highest BCUT2D eigenvalue weighted by atomic mass is 35.5. The van der Waals surface area contributed by atoms with Gasteiger partial charge in [0.2, 0.25) is 15.9 Å². The van der Waals surface area contributed by atoms with E-state index in [9.17, 15) is 13.2 Å². The van der Waals surface area contributed by atoms with Crippen LogP contribution < -0.4 is 15.8 Å². The number of sulfonamides is 1. The molecule has 114 valence electrons. The van der Waals surface area contributed by atoms with Crippen LogP contribution in [0.1, 0.15) is 33.1 Å². The van der Waals surface area contributed by atoms with Gasteiger partial charge in [-0.15, -0.1) is 12.4 Å². The molecule has 0 saturated heterocycles. The van der Waals surface area contributed by atoms with E-state index in [0.717, 1.165) is 25.5 Å². The van der Waals surface area contributed by atoms with Crippen LogP contribution in [0.5, 0.6) is 0 Å². The average molecular weight is 314 g/mol. The third kappa shape index (κ3) is 6.56. The summed E-state index contributed by atoms with van der Waals surface area (Å²) in [5.74, 6) is -0.0708. The number of nitrogens with one attached hydrogen (secondary N) is 2. The molecule has 2 atom stereocenters. The standard InChI is InChI=1S/C11H23N3O3S.ClH/c1-11(2,12)10(15)13-7-8-5-4-6-9(8)14-18(3,16)17;/h8-9,14H,4-7,12H2,1-3H3,(H,13,15);1H.